The number of carbonyl (C=O) groups excluding carboxylic acids is 2. The van der Waals surface area contributed by atoms with Crippen molar-refractivity contribution in [2.45, 2.75) is 64.2 Å². The van der Waals surface area contributed by atoms with Gasteiger partial charge in [0.05, 0.1) is 0 Å². The quantitative estimate of drug-likeness (QED) is 0.791. The molecule has 150 valence electrons. The largest absolute Gasteiger partial charge is 0.341 e. The fourth-order valence-corrected chi connectivity index (χ4v) is 4.66. The SMILES string of the molecule is Cl.O=C(CCC1CCNCC1)N1CCCN(C(=O)CC2CCCC2)CC1. The normalized spacial score (nSPS) is 22.8. The van der Waals surface area contributed by atoms with Crippen LogP contribution in [-0.2, 0) is 9.59 Å². The third-order valence-corrected chi connectivity index (χ3v) is 6.36. The van der Waals surface area contributed by atoms with E-state index < -0.39 is 0 Å². The number of hydrogen-bond acceptors (Lipinski definition) is 3. The summed E-state index contributed by atoms with van der Waals surface area (Å²) in [7, 11) is 0. The zero-order valence-corrected chi connectivity index (χ0v) is 16.9. The number of amides is 2. The van der Waals surface area contributed by atoms with Crippen molar-refractivity contribution in [3.05, 3.63) is 0 Å². The van der Waals surface area contributed by atoms with Crippen molar-refractivity contribution in [3.63, 3.8) is 0 Å². The average Bonchev–Trinajstić information content (AvgIpc) is 3.01. The van der Waals surface area contributed by atoms with Crippen molar-refractivity contribution in [2.75, 3.05) is 39.3 Å². The third kappa shape index (κ3) is 6.41. The minimum atomic E-state index is 0. The Morgan fingerprint density at radius 1 is 0.769 bits per heavy atom. The second-order valence-corrected chi connectivity index (χ2v) is 8.20. The van der Waals surface area contributed by atoms with Gasteiger partial charge in [0.2, 0.25) is 11.8 Å². The van der Waals surface area contributed by atoms with E-state index in [9.17, 15) is 9.59 Å². The molecule has 2 heterocycles. The summed E-state index contributed by atoms with van der Waals surface area (Å²) < 4.78 is 0. The van der Waals surface area contributed by atoms with Crippen LogP contribution in [0.4, 0.5) is 0 Å². The van der Waals surface area contributed by atoms with Crippen LogP contribution in [0, 0.1) is 11.8 Å². The Morgan fingerprint density at radius 2 is 1.38 bits per heavy atom. The van der Waals surface area contributed by atoms with E-state index in [1.54, 1.807) is 0 Å². The Kier molecular flexibility index (Phi) is 9.20. The lowest BCUT2D eigenvalue weighted by Gasteiger charge is -2.25. The number of carbonyl (C=O) groups is 2. The molecule has 1 saturated carbocycles. The second kappa shape index (κ2) is 11.1. The van der Waals surface area contributed by atoms with Gasteiger partial charge in [-0.15, -0.1) is 12.4 Å². The molecule has 0 aromatic heterocycles. The van der Waals surface area contributed by atoms with Crippen molar-refractivity contribution in [3.8, 4) is 0 Å². The Morgan fingerprint density at radius 3 is 2.04 bits per heavy atom. The Bertz CT molecular complexity index is 448. The summed E-state index contributed by atoms with van der Waals surface area (Å²) in [5.74, 6) is 1.93. The second-order valence-electron chi connectivity index (χ2n) is 8.20. The maximum atomic E-state index is 12.6. The molecule has 3 aliphatic rings. The van der Waals surface area contributed by atoms with Gasteiger partial charge in [-0.3, -0.25) is 9.59 Å². The number of piperidine rings is 1. The molecule has 26 heavy (non-hydrogen) atoms. The van der Waals surface area contributed by atoms with E-state index >= 15 is 0 Å². The molecule has 0 aromatic rings. The summed E-state index contributed by atoms with van der Waals surface area (Å²) in [6.07, 6.45) is 10.8. The summed E-state index contributed by atoms with van der Waals surface area (Å²) in [5, 5.41) is 3.38. The van der Waals surface area contributed by atoms with E-state index in [1.165, 1.54) is 38.5 Å². The molecule has 3 fully saturated rings. The summed E-state index contributed by atoms with van der Waals surface area (Å²) in [6.45, 7) is 5.29. The van der Waals surface area contributed by atoms with Gasteiger partial charge in [0.25, 0.3) is 0 Å². The maximum absolute atomic E-state index is 12.6. The Labute approximate surface area is 164 Å². The van der Waals surface area contributed by atoms with Gasteiger partial charge in [0.15, 0.2) is 0 Å². The smallest absolute Gasteiger partial charge is 0.222 e. The van der Waals surface area contributed by atoms with E-state index in [4.69, 9.17) is 0 Å². The van der Waals surface area contributed by atoms with Crippen molar-refractivity contribution in [1.82, 2.24) is 15.1 Å². The molecule has 2 aliphatic heterocycles. The van der Waals surface area contributed by atoms with E-state index in [0.717, 1.165) is 58.5 Å². The minimum Gasteiger partial charge on any atom is -0.341 e. The van der Waals surface area contributed by atoms with E-state index in [-0.39, 0.29) is 12.4 Å². The predicted octanol–water partition coefficient (Wildman–Crippen LogP) is 2.83. The number of nitrogens with zero attached hydrogens (tertiary/aromatic N) is 2. The first-order valence-electron chi connectivity index (χ1n) is 10.5. The van der Waals surface area contributed by atoms with Gasteiger partial charge in [0, 0.05) is 39.0 Å². The molecule has 0 atom stereocenters. The van der Waals surface area contributed by atoms with Crippen LogP contribution in [-0.4, -0.2) is 60.9 Å². The number of halogens is 1. The van der Waals surface area contributed by atoms with Crippen LogP contribution in [0.25, 0.3) is 0 Å². The molecule has 3 rings (SSSR count). The molecule has 6 heteroatoms. The fourth-order valence-electron chi connectivity index (χ4n) is 4.66. The first-order chi connectivity index (χ1) is 12.2. The molecule has 1 aliphatic carbocycles. The van der Waals surface area contributed by atoms with Crippen molar-refractivity contribution in [1.29, 1.82) is 0 Å². The van der Waals surface area contributed by atoms with Crippen LogP contribution in [0.5, 0.6) is 0 Å². The van der Waals surface area contributed by atoms with Crippen LogP contribution in [0.3, 0.4) is 0 Å². The van der Waals surface area contributed by atoms with Crippen LogP contribution in [0.15, 0.2) is 0 Å². The zero-order chi connectivity index (χ0) is 17.5. The molecule has 2 amide bonds. The molecule has 2 saturated heterocycles. The Hall–Kier alpha value is -0.810. The first-order valence-corrected chi connectivity index (χ1v) is 10.5. The van der Waals surface area contributed by atoms with Gasteiger partial charge >= 0.3 is 0 Å². The molecule has 0 bridgehead atoms. The molecular formula is C20H36ClN3O2. The standard InChI is InChI=1S/C20H35N3O2.ClH/c24-19(7-6-17-8-10-21-11-9-17)22-12-3-13-23(15-14-22)20(25)16-18-4-1-2-5-18;/h17-18,21H,1-16H2;1H. The van der Waals surface area contributed by atoms with Gasteiger partial charge < -0.3 is 15.1 Å². The topological polar surface area (TPSA) is 52.7 Å². The molecule has 0 radical (unpaired) electrons. The maximum Gasteiger partial charge on any atom is 0.222 e. The van der Waals surface area contributed by atoms with Gasteiger partial charge in [-0.2, -0.15) is 0 Å². The van der Waals surface area contributed by atoms with Gasteiger partial charge in [-0.25, -0.2) is 0 Å². The zero-order valence-electron chi connectivity index (χ0n) is 16.1. The highest BCUT2D eigenvalue weighted by Gasteiger charge is 2.25. The summed E-state index contributed by atoms with van der Waals surface area (Å²) >= 11 is 0. The third-order valence-electron chi connectivity index (χ3n) is 6.36. The number of nitrogens with one attached hydrogen (secondary N) is 1. The van der Waals surface area contributed by atoms with E-state index in [2.05, 4.69) is 5.32 Å². The number of hydrogen-bond donors (Lipinski definition) is 1. The van der Waals surface area contributed by atoms with E-state index in [0.29, 0.717) is 30.1 Å². The van der Waals surface area contributed by atoms with E-state index in [1.807, 2.05) is 9.80 Å². The van der Waals surface area contributed by atoms with Crippen molar-refractivity contribution >= 4 is 24.2 Å². The van der Waals surface area contributed by atoms with Gasteiger partial charge in [0.1, 0.15) is 0 Å². The van der Waals surface area contributed by atoms with Crippen LogP contribution in [0.1, 0.15) is 64.2 Å². The molecular weight excluding hydrogens is 350 g/mol. The molecule has 0 unspecified atom stereocenters. The summed E-state index contributed by atoms with van der Waals surface area (Å²) in [5.41, 5.74) is 0. The highest BCUT2D eigenvalue weighted by Crippen LogP contribution is 2.28. The minimum absolute atomic E-state index is 0. The van der Waals surface area contributed by atoms with Gasteiger partial charge in [-0.05, 0) is 63.5 Å². The van der Waals surface area contributed by atoms with Gasteiger partial charge in [-0.1, -0.05) is 12.8 Å². The predicted molar refractivity (Wildman–Crippen MR) is 106 cm³/mol. The average molecular weight is 386 g/mol. The molecule has 0 aromatic carbocycles. The monoisotopic (exact) mass is 385 g/mol. The molecule has 0 spiro atoms. The lowest BCUT2D eigenvalue weighted by molar-refractivity contribution is -0.134. The molecule has 5 nitrogen and oxygen atoms in total. The molecule has 1 N–H and O–H groups in total. The summed E-state index contributed by atoms with van der Waals surface area (Å²) in [4.78, 5) is 29.1. The fraction of sp³-hybridized carbons (Fsp3) is 0.900. The Balaban J connectivity index is 0.00000243. The first kappa shape index (κ1) is 21.5. The van der Waals surface area contributed by atoms with Crippen LogP contribution in [0.2, 0.25) is 0 Å². The highest BCUT2D eigenvalue weighted by molar-refractivity contribution is 5.85. The summed E-state index contributed by atoms with van der Waals surface area (Å²) in [6, 6.07) is 0. The van der Waals surface area contributed by atoms with Crippen molar-refractivity contribution in [2.24, 2.45) is 11.8 Å². The highest BCUT2D eigenvalue weighted by atomic mass is 35.5. The van der Waals surface area contributed by atoms with Crippen LogP contribution >= 0.6 is 12.4 Å². The lowest BCUT2D eigenvalue weighted by Crippen LogP contribution is -2.38. The van der Waals surface area contributed by atoms with Crippen LogP contribution < -0.4 is 5.32 Å². The lowest BCUT2D eigenvalue weighted by atomic mass is 9.93. The number of rotatable bonds is 5. The van der Waals surface area contributed by atoms with Crippen molar-refractivity contribution < 1.29 is 9.59 Å².